The minimum absolute atomic E-state index is 0.0556. The zero-order valence-corrected chi connectivity index (χ0v) is 19.5. The van der Waals surface area contributed by atoms with Gasteiger partial charge in [-0.15, -0.1) is 0 Å². The predicted molar refractivity (Wildman–Crippen MR) is 131 cm³/mol. The topological polar surface area (TPSA) is 32.8 Å². The molecule has 1 aliphatic heterocycles. The van der Waals surface area contributed by atoms with Gasteiger partial charge in [0.25, 0.3) is 5.91 Å². The third-order valence-corrected chi connectivity index (χ3v) is 6.49. The van der Waals surface area contributed by atoms with E-state index < -0.39 is 0 Å². The first-order valence-electron chi connectivity index (χ1n) is 11.7. The molecule has 0 aliphatic carbocycles. The van der Waals surface area contributed by atoms with Gasteiger partial charge >= 0.3 is 0 Å². The second-order valence-corrected chi connectivity index (χ2v) is 9.13. The van der Waals surface area contributed by atoms with Crippen molar-refractivity contribution in [2.45, 2.75) is 45.3 Å². The summed E-state index contributed by atoms with van der Waals surface area (Å²) in [6.07, 6.45) is 3.27. The third kappa shape index (κ3) is 5.49. The van der Waals surface area contributed by atoms with Gasteiger partial charge in [-0.2, -0.15) is 0 Å². The van der Waals surface area contributed by atoms with Crippen LogP contribution in [0.3, 0.4) is 0 Å². The van der Waals surface area contributed by atoms with Gasteiger partial charge < -0.3 is 14.5 Å². The summed E-state index contributed by atoms with van der Waals surface area (Å²) in [6, 6.07) is 23.0. The Hall–Kier alpha value is -2.85. The molecule has 0 radical (unpaired) electrons. The van der Waals surface area contributed by atoms with E-state index in [1.807, 2.05) is 49.5 Å². The maximum absolute atomic E-state index is 12.9. The van der Waals surface area contributed by atoms with Crippen LogP contribution in [-0.4, -0.2) is 54.5 Å². The van der Waals surface area contributed by atoms with Crippen LogP contribution in [0, 0.1) is 0 Å². The SMILES string of the molecule is CC(C)N1CCC(Oc2ccc3cc(C(=O)N(C)CCc4ccccc4)ccc3c2)CC1. The molecule has 4 heteroatoms. The van der Waals surface area contributed by atoms with Crippen LogP contribution in [0.1, 0.15) is 42.6 Å². The number of piperidine rings is 1. The van der Waals surface area contributed by atoms with E-state index in [2.05, 4.69) is 43.0 Å². The number of rotatable bonds is 7. The van der Waals surface area contributed by atoms with Gasteiger partial charge in [-0.05, 0) is 73.7 Å². The van der Waals surface area contributed by atoms with Crippen molar-refractivity contribution in [1.82, 2.24) is 9.80 Å². The van der Waals surface area contributed by atoms with Gasteiger partial charge in [0.2, 0.25) is 0 Å². The van der Waals surface area contributed by atoms with Crippen molar-refractivity contribution in [3.8, 4) is 5.75 Å². The number of amides is 1. The normalized spacial score (nSPS) is 15.2. The van der Waals surface area contributed by atoms with Gasteiger partial charge in [-0.25, -0.2) is 0 Å². The summed E-state index contributed by atoms with van der Waals surface area (Å²) < 4.78 is 6.28. The molecule has 168 valence electrons. The molecule has 0 aromatic heterocycles. The molecule has 0 bridgehead atoms. The van der Waals surface area contributed by atoms with Crippen molar-refractivity contribution < 1.29 is 9.53 Å². The van der Waals surface area contributed by atoms with E-state index in [1.165, 1.54) is 5.56 Å². The molecule has 32 heavy (non-hydrogen) atoms. The summed E-state index contributed by atoms with van der Waals surface area (Å²) in [7, 11) is 1.87. The van der Waals surface area contributed by atoms with E-state index >= 15 is 0 Å². The second-order valence-electron chi connectivity index (χ2n) is 9.13. The molecular formula is C28H34N2O2. The van der Waals surface area contributed by atoms with Crippen LogP contribution in [0.15, 0.2) is 66.7 Å². The van der Waals surface area contributed by atoms with E-state index in [4.69, 9.17) is 4.74 Å². The predicted octanol–water partition coefficient (Wildman–Crippen LogP) is 5.41. The maximum atomic E-state index is 12.9. The number of ether oxygens (including phenoxy) is 1. The van der Waals surface area contributed by atoms with E-state index in [9.17, 15) is 4.79 Å². The lowest BCUT2D eigenvalue weighted by Crippen LogP contribution is -2.41. The van der Waals surface area contributed by atoms with Gasteiger partial charge in [0.15, 0.2) is 0 Å². The summed E-state index contributed by atoms with van der Waals surface area (Å²) in [6.45, 7) is 7.40. The summed E-state index contributed by atoms with van der Waals surface area (Å²) >= 11 is 0. The Morgan fingerprint density at radius 2 is 1.69 bits per heavy atom. The number of likely N-dealkylation sites (tertiary alicyclic amines) is 1. The minimum atomic E-state index is 0.0556. The quantitative estimate of drug-likeness (QED) is 0.503. The van der Waals surface area contributed by atoms with Crippen LogP contribution in [0.4, 0.5) is 0 Å². The number of hydrogen-bond acceptors (Lipinski definition) is 3. The molecule has 0 unspecified atom stereocenters. The van der Waals surface area contributed by atoms with Crippen LogP contribution < -0.4 is 4.74 Å². The lowest BCUT2D eigenvalue weighted by Gasteiger charge is -2.34. The van der Waals surface area contributed by atoms with Gasteiger partial charge in [0.05, 0.1) is 0 Å². The summed E-state index contributed by atoms with van der Waals surface area (Å²) in [4.78, 5) is 17.2. The molecule has 0 spiro atoms. The monoisotopic (exact) mass is 430 g/mol. The van der Waals surface area contributed by atoms with Gasteiger partial charge in [-0.1, -0.05) is 42.5 Å². The Labute approximate surface area is 191 Å². The van der Waals surface area contributed by atoms with Crippen molar-refractivity contribution in [3.63, 3.8) is 0 Å². The average molecular weight is 431 g/mol. The third-order valence-electron chi connectivity index (χ3n) is 6.49. The summed E-state index contributed by atoms with van der Waals surface area (Å²) in [5.74, 6) is 0.972. The Kier molecular flexibility index (Phi) is 7.11. The largest absolute Gasteiger partial charge is 0.490 e. The molecule has 4 nitrogen and oxygen atoms in total. The Morgan fingerprint density at radius 1 is 1.00 bits per heavy atom. The Bertz CT molecular complexity index is 1040. The fourth-order valence-electron chi connectivity index (χ4n) is 4.40. The van der Waals surface area contributed by atoms with Crippen LogP contribution in [-0.2, 0) is 6.42 Å². The van der Waals surface area contributed by atoms with Crippen molar-refractivity contribution in [1.29, 1.82) is 0 Å². The molecule has 4 rings (SSSR count). The van der Waals surface area contributed by atoms with Gasteiger partial charge in [0.1, 0.15) is 11.9 Å². The Morgan fingerprint density at radius 3 is 2.41 bits per heavy atom. The van der Waals surface area contributed by atoms with Crippen molar-refractivity contribution in [2.24, 2.45) is 0 Å². The van der Waals surface area contributed by atoms with Crippen LogP contribution in [0.2, 0.25) is 0 Å². The van der Waals surface area contributed by atoms with E-state index in [-0.39, 0.29) is 12.0 Å². The number of benzene rings is 3. The fourth-order valence-corrected chi connectivity index (χ4v) is 4.40. The first kappa shape index (κ1) is 22.3. The highest BCUT2D eigenvalue weighted by Crippen LogP contribution is 2.25. The van der Waals surface area contributed by atoms with E-state index in [0.29, 0.717) is 12.6 Å². The zero-order valence-electron chi connectivity index (χ0n) is 19.5. The molecule has 1 fully saturated rings. The molecule has 1 heterocycles. The highest BCUT2D eigenvalue weighted by atomic mass is 16.5. The first-order valence-corrected chi connectivity index (χ1v) is 11.7. The highest BCUT2D eigenvalue weighted by Gasteiger charge is 2.22. The standard InChI is InChI=1S/C28H34N2O2/c1-21(2)30-17-14-26(15-18-30)32-27-12-11-23-19-25(10-9-24(23)20-27)28(31)29(3)16-13-22-7-5-4-6-8-22/h4-12,19-21,26H,13-18H2,1-3H3. The molecular weight excluding hydrogens is 396 g/mol. The van der Waals surface area contributed by atoms with Crippen molar-refractivity contribution in [3.05, 3.63) is 77.9 Å². The first-order chi connectivity index (χ1) is 15.5. The number of hydrogen-bond donors (Lipinski definition) is 0. The fraction of sp³-hybridized carbons (Fsp3) is 0.393. The average Bonchev–Trinajstić information content (AvgIpc) is 2.82. The molecule has 1 amide bonds. The number of fused-ring (bicyclic) bond motifs is 1. The lowest BCUT2D eigenvalue weighted by atomic mass is 10.0. The number of nitrogens with zero attached hydrogens (tertiary/aromatic N) is 2. The number of carbonyl (C=O) groups excluding carboxylic acids is 1. The summed E-state index contributed by atoms with van der Waals surface area (Å²) in [5, 5.41) is 2.17. The molecule has 1 aliphatic rings. The maximum Gasteiger partial charge on any atom is 0.253 e. The molecule has 1 saturated heterocycles. The van der Waals surface area contributed by atoms with Crippen LogP contribution in [0.25, 0.3) is 10.8 Å². The van der Waals surface area contributed by atoms with Gasteiger partial charge in [-0.3, -0.25) is 4.79 Å². The Balaban J connectivity index is 1.37. The van der Waals surface area contributed by atoms with E-state index in [0.717, 1.165) is 54.4 Å². The molecule has 0 N–H and O–H groups in total. The highest BCUT2D eigenvalue weighted by molar-refractivity contribution is 5.98. The molecule has 0 saturated carbocycles. The second kappa shape index (κ2) is 10.2. The molecule has 3 aromatic rings. The van der Waals surface area contributed by atoms with Crippen LogP contribution in [0.5, 0.6) is 5.75 Å². The molecule has 0 atom stereocenters. The van der Waals surface area contributed by atoms with E-state index in [1.54, 1.807) is 4.90 Å². The zero-order chi connectivity index (χ0) is 22.5. The van der Waals surface area contributed by atoms with Gasteiger partial charge in [0, 0.05) is 38.3 Å². The smallest absolute Gasteiger partial charge is 0.253 e. The lowest BCUT2D eigenvalue weighted by molar-refractivity contribution is 0.0796. The van der Waals surface area contributed by atoms with Crippen molar-refractivity contribution >= 4 is 16.7 Å². The number of likely N-dealkylation sites (N-methyl/N-ethyl adjacent to an activating group) is 1. The number of carbonyl (C=O) groups is 1. The molecule has 3 aromatic carbocycles. The summed E-state index contributed by atoms with van der Waals surface area (Å²) in [5.41, 5.74) is 1.97. The van der Waals surface area contributed by atoms with Crippen LogP contribution >= 0.6 is 0 Å². The van der Waals surface area contributed by atoms with Crippen molar-refractivity contribution in [2.75, 3.05) is 26.7 Å². The minimum Gasteiger partial charge on any atom is -0.490 e.